The molecule has 0 heterocycles. The van der Waals surface area contributed by atoms with Gasteiger partial charge in [-0.05, 0) is 46.5 Å². The van der Waals surface area contributed by atoms with Crippen LogP contribution in [0.4, 0.5) is 0 Å². The van der Waals surface area contributed by atoms with Crippen molar-refractivity contribution in [2.24, 2.45) is 5.92 Å². The Bertz CT molecular complexity index is 532. The van der Waals surface area contributed by atoms with Gasteiger partial charge in [-0.3, -0.25) is 4.79 Å². The lowest BCUT2D eigenvalue weighted by atomic mass is 9.99. The summed E-state index contributed by atoms with van der Waals surface area (Å²) in [6.45, 7) is 8.10. The molecule has 0 aliphatic heterocycles. The molecule has 1 aromatic rings. The van der Waals surface area contributed by atoms with Crippen LogP contribution in [0.25, 0.3) is 0 Å². The fraction of sp³-hybridized carbons (Fsp3) is 0.611. The quantitative estimate of drug-likeness (QED) is 0.639. The number of carbonyl (C=O) groups is 1. The van der Waals surface area contributed by atoms with Gasteiger partial charge in [-0.25, -0.2) is 0 Å². The molecule has 128 valence electrons. The second-order valence-electron chi connectivity index (χ2n) is 6.39. The monoisotopic (exact) mass is 337 g/mol. The number of aryl methyl sites for hydroxylation is 3. The molecular formula is C18H27NO3S. The highest BCUT2D eigenvalue weighted by molar-refractivity contribution is 7.89. The molecule has 23 heavy (non-hydrogen) atoms. The number of esters is 1. The molecule has 1 unspecified atom stereocenters. The maximum Gasteiger partial charge on any atom is 0.327 e. The highest BCUT2D eigenvalue weighted by atomic mass is 32.2. The molecule has 1 aliphatic rings. The van der Waals surface area contributed by atoms with Crippen LogP contribution in [-0.4, -0.2) is 23.2 Å². The van der Waals surface area contributed by atoms with Crippen LogP contribution in [0.5, 0.6) is 0 Å². The molecule has 0 amide bonds. The molecule has 1 aliphatic carbocycles. The van der Waals surface area contributed by atoms with Gasteiger partial charge in [0.15, 0.2) is 10.9 Å². The Kier molecular flexibility index (Phi) is 6.50. The molecule has 5 heteroatoms. The molecule has 4 nitrogen and oxygen atoms in total. The van der Waals surface area contributed by atoms with Crippen molar-refractivity contribution in [2.75, 3.05) is 6.61 Å². The summed E-state index contributed by atoms with van der Waals surface area (Å²) in [5, 5.41) is 0. The van der Waals surface area contributed by atoms with Crippen LogP contribution in [0.15, 0.2) is 17.0 Å². The highest BCUT2D eigenvalue weighted by Gasteiger charge is 2.36. The molecule has 1 N–H and O–H groups in total. The normalized spacial score (nSPS) is 18.0. The first-order valence-electron chi connectivity index (χ1n) is 8.36. The van der Waals surface area contributed by atoms with Gasteiger partial charge in [0.25, 0.3) is 0 Å². The zero-order valence-electron chi connectivity index (χ0n) is 14.5. The zero-order chi connectivity index (χ0) is 17.0. The molecule has 1 fully saturated rings. The first-order chi connectivity index (χ1) is 10.9. The number of hydrogen-bond acceptors (Lipinski definition) is 4. The molecule has 0 saturated heterocycles. The second kappa shape index (κ2) is 8.18. The van der Waals surface area contributed by atoms with Crippen LogP contribution in [-0.2, 0) is 20.9 Å². The van der Waals surface area contributed by atoms with Crippen molar-refractivity contribution >= 4 is 17.3 Å². The first kappa shape index (κ1) is 18.3. The van der Waals surface area contributed by atoms with Crippen LogP contribution < -0.4 is 4.72 Å². The lowest BCUT2D eigenvalue weighted by Crippen LogP contribution is -2.46. The maximum absolute atomic E-state index is 12.9. The van der Waals surface area contributed by atoms with Gasteiger partial charge in [-0.15, -0.1) is 4.72 Å². The fourth-order valence-electron chi connectivity index (χ4n) is 3.49. The fourth-order valence-corrected chi connectivity index (χ4v) is 4.83. The van der Waals surface area contributed by atoms with Crippen molar-refractivity contribution in [1.82, 2.24) is 4.72 Å². The van der Waals surface area contributed by atoms with E-state index in [2.05, 4.69) is 4.72 Å². The largest absolute Gasteiger partial charge is 0.593 e. The minimum Gasteiger partial charge on any atom is -0.593 e. The van der Waals surface area contributed by atoms with Crippen molar-refractivity contribution in [3.05, 3.63) is 28.8 Å². The molecule has 0 aromatic heterocycles. The third-order valence-electron chi connectivity index (χ3n) is 4.44. The van der Waals surface area contributed by atoms with Gasteiger partial charge in [0.2, 0.25) is 0 Å². The Morgan fingerprint density at radius 2 is 1.87 bits per heavy atom. The van der Waals surface area contributed by atoms with E-state index < -0.39 is 17.4 Å². The van der Waals surface area contributed by atoms with Crippen LogP contribution in [0, 0.1) is 26.7 Å². The lowest BCUT2D eigenvalue weighted by Gasteiger charge is -2.24. The van der Waals surface area contributed by atoms with E-state index in [1.165, 1.54) is 0 Å². The van der Waals surface area contributed by atoms with Gasteiger partial charge in [0, 0.05) is 11.1 Å². The van der Waals surface area contributed by atoms with Crippen LogP contribution in [0.1, 0.15) is 49.3 Å². The minimum atomic E-state index is -1.42. The lowest BCUT2D eigenvalue weighted by molar-refractivity contribution is -0.146. The van der Waals surface area contributed by atoms with Gasteiger partial charge < -0.3 is 9.29 Å². The Labute approximate surface area is 142 Å². The predicted octanol–water partition coefficient (Wildman–Crippen LogP) is 3.35. The number of rotatable bonds is 6. The van der Waals surface area contributed by atoms with Crippen molar-refractivity contribution in [1.29, 1.82) is 0 Å². The minimum absolute atomic E-state index is 0.212. The van der Waals surface area contributed by atoms with E-state index >= 15 is 0 Å². The number of hydrogen-bond donors (Lipinski definition) is 1. The second-order valence-corrected chi connectivity index (χ2v) is 7.57. The Balaban J connectivity index is 2.20. The summed E-state index contributed by atoms with van der Waals surface area (Å²) in [5.74, 6) is -0.0702. The van der Waals surface area contributed by atoms with E-state index in [9.17, 15) is 9.35 Å². The van der Waals surface area contributed by atoms with Crippen LogP contribution >= 0.6 is 0 Å². The molecule has 2 rings (SSSR count). The van der Waals surface area contributed by atoms with E-state index in [1.54, 1.807) is 6.92 Å². The summed E-state index contributed by atoms with van der Waals surface area (Å²) < 4.78 is 21.1. The number of ether oxygens (including phenoxy) is 1. The summed E-state index contributed by atoms with van der Waals surface area (Å²) >= 11 is -1.42. The van der Waals surface area contributed by atoms with Gasteiger partial charge >= 0.3 is 5.97 Å². The number of benzene rings is 1. The van der Waals surface area contributed by atoms with E-state index in [4.69, 9.17) is 4.74 Å². The van der Waals surface area contributed by atoms with Crippen LogP contribution in [0.2, 0.25) is 0 Å². The first-order valence-corrected chi connectivity index (χ1v) is 9.51. The Morgan fingerprint density at radius 1 is 1.30 bits per heavy atom. The van der Waals surface area contributed by atoms with Gasteiger partial charge in [0.05, 0.1) is 18.0 Å². The summed E-state index contributed by atoms with van der Waals surface area (Å²) in [5.41, 5.74) is 3.13. The summed E-state index contributed by atoms with van der Waals surface area (Å²) in [6, 6.07) is 3.56. The molecule has 0 bridgehead atoms. The third-order valence-corrected chi connectivity index (χ3v) is 5.92. The zero-order valence-corrected chi connectivity index (χ0v) is 15.3. The van der Waals surface area contributed by atoms with Gasteiger partial charge in [-0.1, -0.05) is 30.5 Å². The van der Waals surface area contributed by atoms with Crippen molar-refractivity contribution in [3.63, 3.8) is 0 Å². The third kappa shape index (κ3) is 4.49. The molecular weight excluding hydrogens is 310 g/mol. The van der Waals surface area contributed by atoms with Gasteiger partial charge in [-0.2, -0.15) is 0 Å². The van der Waals surface area contributed by atoms with Crippen molar-refractivity contribution in [2.45, 2.75) is 64.3 Å². The summed E-state index contributed by atoms with van der Waals surface area (Å²) in [7, 11) is 0. The highest BCUT2D eigenvalue weighted by Crippen LogP contribution is 2.30. The van der Waals surface area contributed by atoms with E-state index in [0.717, 1.165) is 47.3 Å². The van der Waals surface area contributed by atoms with Crippen molar-refractivity contribution < 1.29 is 14.1 Å². The summed E-state index contributed by atoms with van der Waals surface area (Å²) in [4.78, 5) is 13.1. The van der Waals surface area contributed by atoms with E-state index in [0.29, 0.717) is 6.61 Å². The number of nitrogens with one attached hydrogen (secondary N) is 1. The molecule has 1 saturated carbocycles. The Morgan fingerprint density at radius 3 is 2.39 bits per heavy atom. The molecule has 0 spiro atoms. The average Bonchev–Trinajstić information content (AvgIpc) is 2.97. The summed E-state index contributed by atoms with van der Waals surface area (Å²) in [6.07, 6.45) is 4.22. The molecule has 1 aromatic carbocycles. The standard InChI is InChI=1S/C18H27NO3S/c1-5-22-18(20)16(15-8-6-7-9-15)19-23(21)17-13(3)10-12(2)11-14(17)4/h10-11,15-16,19H,5-9H2,1-4H3/t16-,23?/m0/s1. The van der Waals surface area contributed by atoms with Crippen molar-refractivity contribution in [3.8, 4) is 0 Å². The predicted molar refractivity (Wildman–Crippen MR) is 92.6 cm³/mol. The van der Waals surface area contributed by atoms with E-state index in [-0.39, 0.29) is 11.9 Å². The number of carbonyl (C=O) groups excluding carboxylic acids is 1. The smallest absolute Gasteiger partial charge is 0.327 e. The van der Waals surface area contributed by atoms with Crippen LogP contribution in [0.3, 0.4) is 0 Å². The molecule has 2 atom stereocenters. The molecule has 0 radical (unpaired) electrons. The van der Waals surface area contributed by atoms with E-state index in [1.807, 2.05) is 32.9 Å². The Hall–Kier alpha value is -1.04. The SMILES string of the molecule is CCOC(=O)[C@@H](N[S+]([O-])c1c(C)cc(C)cc1C)C1CCCC1. The van der Waals surface area contributed by atoms with Gasteiger partial charge in [0.1, 0.15) is 0 Å². The topological polar surface area (TPSA) is 61.4 Å². The average molecular weight is 337 g/mol. The maximum atomic E-state index is 12.9.